The number of aromatic nitrogens is 1. The zero-order valence-electron chi connectivity index (χ0n) is 23.9. The molecule has 1 saturated heterocycles. The molecule has 4 nitrogen and oxygen atoms in total. The summed E-state index contributed by atoms with van der Waals surface area (Å²) in [5, 5.41) is 4.79. The van der Waals surface area contributed by atoms with E-state index >= 15 is 0 Å². The van der Waals surface area contributed by atoms with Crippen LogP contribution in [0.3, 0.4) is 0 Å². The van der Waals surface area contributed by atoms with Crippen molar-refractivity contribution in [2.24, 2.45) is 0 Å². The van der Waals surface area contributed by atoms with Gasteiger partial charge in [0.1, 0.15) is 11.0 Å². The normalized spacial score (nSPS) is 17.9. The summed E-state index contributed by atoms with van der Waals surface area (Å²) in [4.78, 5) is 0. The van der Waals surface area contributed by atoms with Crippen molar-refractivity contribution in [1.82, 2.24) is 4.57 Å². The molecule has 6 aromatic rings. The second-order valence-corrected chi connectivity index (χ2v) is 12.3. The van der Waals surface area contributed by atoms with Crippen LogP contribution >= 0.6 is 0 Å². The molecule has 0 atom stereocenters. The minimum absolute atomic E-state index is 0.413. The molecule has 41 heavy (non-hydrogen) atoms. The van der Waals surface area contributed by atoms with Crippen LogP contribution in [0.1, 0.15) is 46.1 Å². The third-order valence-electron chi connectivity index (χ3n) is 9.34. The molecular formula is C36H32BNO3. The van der Waals surface area contributed by atoms with Gasteiger partial charge in [0.05, 0.1) is 22.2 Å². The van der Waals surface area contributed by atoms with Crippen LogP contribution < -0.4 is 16.1 Å². The maximum atomic E-state index is 6.78. The molecule has 0 bridgehead atoms. The predicted molar refractivity (Wildman–Crippen MR) is 168 cm³/mol. The first kappa shape index (κ1) is 24.7. The molecule has 2 aromatic heterocycles. The van der Waals surface area contributed by atoms with E-state index in [-0.39, 0.29) is 0 Å². The van der Waals surface area contributed by atoms with Crippen LogP contribution in [0.15, 0.2) is 95.4 Å². The molecule has 5 heteroatoms. The predicted octanol–water partition coefficient (Wildman–Crippen LogP) is 6.60. The van der Waals surface area contributed by atoms with Crippen molar-refractivity contribution in [3.8, 4) is 5.69 Å². The van der Waals surface area contributed by atoms with Crippen molar-refractivity contribution in [2.45, 2.75) is 51.7 Å². The van der Waals surface area contributed by atoms with Gasteiger partial charge >= 0.3 is 7.12 Å². The standard InChI is InChI=1S/C36H32BNO3/c1-35(2)36(3,4)41-37(40-35)30-18-11-17-28-27-16-10-15-25(33(27)39-34(28)30)23-20-21-32-29(22-23)26-14-8-9-19-31(26)38(32)24-12-6-5-7-13-24/h5-9,11-14,16-22H,10,15H2,1-4H3. The fourth-order valence-electron chi connectivity index (χ4n) is 6.51. The maximum Gasteiger partial charge on any atom is 0.498 e. The molecule has 8 rings (SSSR count). The lowest BCUT2D eigenvalue weighted by Gasteiger charge is -2.32. The van der Waals surface area contributed by atoms with Crippen molar-refractivity contribution in [2.75, 3.05) is 0 Å². The number of nitrogens with zero attached hydrogens (tertiary/aromatic N) is 1. The van der Waals surface area contributed by atoms with Crippen molar-refractivity contribution in [3.05, 3.63) is 107 Å². The lowest BCUT2D eigenvalue weighted by atomic mass is 9.78. The molecular weight excluding hydrogens is 505 g/mol. The van der Waals surface area contributed by atoms with Gasteiger partial charge in [0.25, 0.3) is 0 Å². The lowest BCUT2D eigenvalue weighted by Crippen LogP contribution is -2.41. The molecule has 0 saturated carbocycles. The highest BCUT2D eigenvalue weighted by atomic mass is 16.7. The molecule has 1 fully saturated rings. The monoisotopic (exact) mass is 537 g/mol. The number of rotatable bonds is 3. The first-order chi connectivity index (χ1) is 19.8. The maximum absolute atomic E-state index is 6.78. The van der Waals surface area contributed by atoms with E-state index in [1.165, 1.54) is 43.8 Å². The Morgan fingerprint density at radius 2 is 1.41 bits per heavy atom. The highest BCUT2D eigenvalue weighted by Gasteiger charge is 2.52. The van der Waals surface area contributed by atoms with Gasteiger partial charge in [0.15, 0.2) is 0 Å². The number of fused-ring (bicyclic) bond motifs is 6. The van der Waals surface area contributed by atoms with Gasteiger partial charge in [-0.25, -0.2) is 0 Å². The number of hydrogen-bond acceptors (Lipinski definition) is 3. The second-order valence-electron chi connectivity index (χ2n) is 12.3. The number of hydrogen-bond donors (Lipinski definition) is 0. The van der Waals surface area contributed by atoms with Crippen molar-refractivity contribution >= 4 is 57.0 Å². The minimum Gasteiger partial charge on any atom is -0.456 e. The van der Waals surface area contributed by atoms with Gasteiger partial charge in [-0.3, -0.25) is 0 Å². The molecule has 2 aliphatic rings. The van der Waals surface area contributed by atoms with Gasteiger partial charge in [-0.05, 0) is 76.4 Å². The molecule has 3 heterocycles. The second kappa shape index (κ2) is 8.72. The summed E-state index contributed by atoms with van der Waals surface area (Å²) in [5.41, 5.74) is 7.98. The quantitative estimate of drug-likeness (QED) is 0.239. The van der Waals surface area contributed by atoms with Crippen molar-refractivity contribution < 1.29 is 13.7 Å². The smallest absolute Gasteiger partial charge is 0.456 e. The molecule has 1 aliphatic carbocycles. The third kappa shape index (κ3) is 3.62. The fourth-order valence-corrected chi connectivity index (χ4v) is 6.51. The Labute approximate surface area is 239 Å². The minimum atomic E-state index is -0.472. The van der Waals surface area contributed by atoms with Crippen LogP contribution in [-0.2, 0) is 9.31 Å². The van der Waals surface area contributed by atoms with Crippen LogP contribution in [-0.4, -0.2) is 22.9 Å². The Kier molecular flexibility index (Phi) is 5.26. The molecule has 1 aliphatic heterocycles. The highest BCUT2D eigenvalue weighted by molar-refractivity contribution is 6.64. The zero-order valence-corrected chi connectivity index (χ0v) is 23.9. The summed E-state index contributed by atoms with van der Waals surface area (Å²) in [5.74, 6) is 0. The van der Waals surface area contributed by atoms with Crippen LogP contribution in [0.2, 0.25) is 0 Å². The van der Waals surface area contributed by atoms with Crippen LogP contribution in [0.4, 0.5) is 0 Å². The lowest BCUT2D eigenvalue weighted by molar-refractivity contribution is 0.00578. The van der Waals surface area contributed by atoms with Crippen LogP contribution in [0.5, 0.6) is 0 Å². The van der Waals surface area contributed by atoms with E-state index in [1.54, 1.807) is 0 Å². The van der Waals surface area contributed by atoms with Crippen molar-refractivity contribution in [1.29, 1.82) is 0 Å². The average Bonchev–Trinajstić information content (AvgIpc) is 3.59. The molecule has 0 N–H and O–H groups in total. The number of benzene rings is 4. The summed E-state index contributed by atoms with van der Waals surface area (Å²) < 4.78 is 22.0. The van der Waals surface area contributed by atoms with E-state index in [1.807, 2.05) is 0 Å². The molecule has 0 spiro atoms. The summed E-state index contributed by atoms with van der Waals surface area (Å²) in [6, 6.07) is 32.5. The Hall–Kier alpha value is -4.06. The largest absolute Gasteiger partial charge is 0.498 e. The molecule has 202 valence electrons. The molecule has 0 amide bonds. The van der Waals surface area contributed by atoms with Crippen LogP contribution in [0, 0.1) is 0 Å². The average molecular weight is 537 g/mol. The molecule has 4 aromatic carbocycles. The molecule has 0 unspecified atom stereocenters. The highest BCUT2D eigenvalue weighted by Crippen LogP contribution is 2.37. The van der Waals surface area contributed by atoms with Crippen molar-refractivity contribution in [3.63, 3.8) is 0 Å². The summed E-state index contributed by atoms with van der Waals surface area (Å²) in [6.45, 7) is 8.35. The first-order valence-electron chi connectivity index (χ1n) is 14.5. The van der Waals surface area contributed by atoms with Gasteiger partial charge in [-0.2, -0.15) is 0 Å². The SMILES string of the molecule is CC1(C)OB(c2cccc3c4c(oc23)=C(c2ccc3c(c2)c2ccccc2n3-c2ccccc2)CCC=4)OC1(C)C. The van der Waals surface area contributed by atoms with E-state index in [4.69, 9.17) is 13.7 Å². The van der Waals surface area contributed by atoms with E-state index in [2.05, 4.69) is 129 Å². The Morgan fingerprint density at radius 1 is 0.707 bits per heavy atom. The molecule has 0 radical (unpaired) electrons. The third-order valence-corrected chi connectivity index (χ3v) is 9.34. The Balaban J connectivity index is 1.34. The zero-order chi connectivity index (χ0) is 27.9. The Morgan fingerprint density at radius 3 is 2.22 bits per heavy atom. The Bertz CT molecular complexity index is 2100. The first-order valence-corrected chi connectivity index (χ1v) is 14.5. The van der Waals surface area contributed by atoms with E-state index in [0.717, 1.165) is 34.7 Å². The van der Waals surface area contributed by atoms with Crippen LogP contribution in [0.25, 0.3) is 50.1 Å². The summed E-state index contributed by atoms with van der Waals surface area (Å²) in [6.07, 6.45) is 4.22. The van der Waals surface area contributed by atoms with Gasteiger partial charge in [0, 0.05) is 38.1 Å². The summed E-state index contributed by atoms with van der Waals surface area (Å²) >= 11 is 0. The fraction of sp³-hybridized carbons (Fsp3) is 0.222. The van der Waals surface area contributed by atoms with Gasteiger partial charge in [-0.15, -0.1) is 0 Å². The van der Waals surface area contributed by atoms with Gasteiger partial charge in [0.2, 0.25) is 0 Å². The number of para-hydroxylation sites is 3. The van der Waals surface area contributed by atoms with E-state index < -0.39 is 18.3 Å². The van der Waals surface area contributed by atoms with E-state index in [9.17, 15) is 0 Å². The number of furan rings is 1. The topological polar surface area (TPSA) is 36.5 Å². The summed E-state index contributed by atoms with van der Waals surface area (Å²) in [7, 11) is -0.472. The van der Waals surface area contributed by atoms with Gasteiger partial charge < -0.3 is 18.3 Å². The van der Waals surface area contributed by atoms with Gasteiger partial charge in [-0.1, -0.05) is 66.7 Å². The van der Waals surface area contributed by atoms with E-state index in [0.29, 0.717) is 0 Å².